The molecule has 8 heteroatoms. The molecule has 20 heavy (non-hydrogen) atoms. The molecule has 114 valence electrons. The van der Waals surface area contributed by atoms with Gasteiger partial charge in [-0.15, -0.1) is 0 Å². The number of aliphatic hydroxyl groups excluding tert-OH is 1. The molecule has 1 unspecified atom stereocenters. The van der Waals surface area contributed by atoms with E-state index in [9.17, 15) is 13.2 Å². The summed E-state index contributed by atoms with van der Waals surface area (Å²) in [6.45, 7) is 3.86. The third-order valence-corrected chi connectivity index (χ3v) is 2.46. The minimum Gasteiger partial charge on any atom is -0.382 e. The van der Waals surface area contributed by atoms with Crippen molar-refractivity contribution >= 4 is 11.6 Å². The van der Waals surface area contributed by atoms with E-state index in [-0.39, 0.29) is 5.82 Å². The standard InChI is InChI=1S/C12H19F3N4O/c1-3-5-9-18-10(16-4-2)6-11(19-9)17-7-8(20)12(13,14)15/h6,8,20H,3-5,7H2,1-2H3,(H2,16,17,18,19). The summed E-state index contributed by atoms with van der Waals surface area (Å²) in [5.41, 5.74) is 0. The molecule has 1 rings (SSSR count). The summed E-state index contributed by atoms with van der Waals surface area (Å²) in [5, 5.41) is 14.4. The Balaban J connectivity index is 2.77. The van der Waals surface area contributed by atoms with E-state index >= 15 is 0 Å². The zero-order chi connectivity index (χ0) is 15.2. The van der Waals surface area contributed by atoms with Gasteiger partial charge in [-0.05, 0) is 13.3 Å². The number of hydrogen-bond donors (Lipinski definition) is 3. The molecule has 0 radical (unpaired) electrons. The Hall–Kier alpha value is -1.57. The molecule has 1 aromatic heterocycles. The van der Waals surface area contributed by atoms with E-state index < -0.39 is 18.8 Å². The number of alkyl halides is 3. The molecule has 0 aromatic carbocycles. The summed E-state index contributed by atoms with van der Waals surface area (Å²) in [7, 11) is 0. The van der Waals surface area contributed by atoms with Crippen molar-refractivity contribution in [1.82, 2.24) is 9.97 Å². The molecule has 0 amide bonds. The molecule has 0 bridgehead atoms. The van der Waals surface area contributed by atoms with Gasteiger partial charge in [-0.1, -0.05) is 6.92 Å². The number of hydrogen-bond acceptors (Lipinski definition) is 5. The maximum absolute atomic E-state index is 12.2. The second kappa shape index (κ2) is 7.28. The van der Waals surface area contributed by atoms with Crippen LogP contribution in [0.3, 0.4) is 0 Å². The summed E-state index contributed by atoms with van der Waals surface area (Å²) in [5.74, 6) is 1.37. The molecule has 5 nitrogen and oxygen atoms in total. The SMILES string of the molecule is CCCc1nc(NCC)cc(NCC(O)C(F)(F)F)n1. The van der Waals surface area contributed by atoms with E-state index in [0.717, 1.165) is 6.42 Å². The lowest BCUT2D eigenvalue weighted by atomic mass is 10.3. The van der Waals surface area contributed by atoms with E-state index in [0.29, 0.717) is 24.6 Å². The highest BCUT2D eigenvalue weighted by Gasteiger charge is 2.37. The quantitative estimate of drug-likeness (QED) is 0.718. The van der Waals surface area contributed by atoms with Crippen LogP contribution >= 0.6 is 0 Å². The zero-order valence-corrected chi connectivity index (χ0v) is 11.5. The summed E-state index contributed by atoms with van der Waals surface area (Å²) in [6, 6.07) is 1.52. The minimum atomic E-state index is -4.64. The summed E-state index contributed by atoms with van der Waals surface area (Å²) in [4.78, 5) is 8.36. The van der Waals surface area contributed by atoms with Crippen molar-refractivity contribution in [3.63, 3.8) is 0 Å². The topological polar surface area (TPSA) is 70.1 Å². The van der Waals surface area contributed by atoms with Crippen LogP contribution in [0.4, 0.5) is 24.8 Å². The molecule has 0 saturated carbocycles. The van der Waals surface area contributed by atoms with Crippen molar-refractivity contribution in [2.45, 2.75) is 39.0 Å². The lowest BCUT2D eigenvalue weighted by molar-refractivity contribution is -0.198. The van der Waals surface area contributed by atoms with Gasteiger partial charge in [-0.3, -0.25) is 0 Å². The van der Waals surface area contributed by atoms with Crippen molar-refractivity contribution in [3.05, 3.63) is 11.9 Å². The van der Waals surface area contributed by atoms with Crippen molar-refractivity contribution in [2.75, 3.05) is 23.7 Å². The van der Waals surface area contributed by atoms with E-state index in [1.165, 1.54) is 6.07 Å². The van der Waals surface area contributed by atoms with Crippen molar-refractivity contribution in [2.24, 2.45) is 0 Å². The van der Waals surface area contributed by atoms with Gasteiger partial charge in [-0.25, -0.2) is 9.97 Å². The molecule has 1 atom stereocenters. The second-order valence-electron chi connectivity index (χ2n) is 4.27. The van der Waals surface area contributed by atoms with E-state index in [2.05, 4.69) is 20.6 Å². The third-order valence-electron chi connectivity index (χ3n) is 2.46. The highest BCUT2D eigenvalue weighted by molar-refractivity contribution is 5.47. The van der Waals surface area contributed by atoms with Crippen LogP contribution in [0.5, 0.6) is 0 Å². The van der Waals surface area contributed by atoms with Gasteiger partial charge < -0.3 is 15.7 Å². The van der Waals surface area contributed by atoms with Crippen LogP contribution < -0.4 is 10.6 Å². The number of halogens is 3. The van der Waals surface area contributed by atoms with Crippen molar-refractivity contribution in [1.29, 1.82) is 0 Å². The summed E-state index contributed by atoms with van der Waals surface area (Å²) in [6.07, 6.45) is -5.60. The second-order valence-corrected chi connectivity index (χ2v) is 4.27. The van der Waals surface area contributed by atoms with Gasteiger partial charge in [0.1, 0.15) is 17.5 Å². The maximum Gasteiger partial charge on any atom is 0.416 e. The van der Waals surface area contributed by atoms with Gasteiger partial charge in [-0.2, -0.15) is 13.2 Å². The summed E-state index contributed by atoms with van der Waals surface area (Å²) >= 11 is 0. The van der Waals surface area contributed by atoms with Crippen LogP contribution in [-0.4, -0.2) is 40.4 Å². The Morgan fingerprint density at radius 2 is 1.80 bits per heavy atom. The zero-order valence-electron chi connectivity index (χ0n) is 11.5. The lowest BCUT2D eigenvalue weighted by Gasteiger charge is -2.16. The van der Waals surface area contributed by atoms with E-state index in [1.54, 1.807) is 0 Å². The largest absolute Gasteiger partial charge is 0.416 e. The molecule has 0 aliphatic carbocycles. The molecule has 3 N–H and O–H groups in total. The highest BCUT2D eigenvalue weighted by atomic mass is 19.4. The average Bonchev–Trinajstić information content (AvgIpc) is 2.35. The van der Waals surface area contributed by atoms with Gasteiger partial charge in [0.25, 0.3) is 0 Å². The van der Waals surface area contributed by atoms with Crippen molar-refractivity contribution in [3.8, 4) is 0 Å². The Kier molecular flexibility index (Phi) is 6.00. The molecule has 1 aromatic rings. The molecule has 0 fully saturated rings. The van der Waals surface area contributed by atoms with Crippen LogP contribution in [0, 0.1) is 0 Å². The Labute approximate surface area is 115 Å². The molecular formula is C12H19F3N4O. The predicted octanol–water partition coefficient (Wildman–Crippen LogP) is 2.20. The van der Waals surface area contributed by atoms with Crippen molar-refractivity contribution < 1.29 is 18.3 Å². The third kappa shape index (κ3) is 5.20. The predicted molar refractivity (Wildman–Crippen MR) is 70.7 cm³/mol. The minimum absolute atomic E-state index is 0.266. The fourth-order valence-corrected chi connectivity index (χ4v) is 1.51. The first-order valence-electron chi connectivity index (χ1n) is 6.47. The normalized spacial score (nSPS) is 13.1. The smallest absolute Gasteiger partial charge is 0.382 e. The lowest BCUT2D eigenvalue weighted by Crippen LogP contribution is -2.35. The van der Waals surface area contributed by atoms with Gasteiger partial charge >= 0.3 is 6.18 Å². The Bertz CT molecular complexity index is 401. The van der Waals surface area contributed by atoms with E-state index in [1.807, 2.05) is 13.8 Å². The maximum atomic E-state index is 12.2. The number of rotatable bonds is 7. The van der Waals surface area contributed by atoms with Gasteiger partial charge in [0.2, 0.25) is 0 Å². The number of anilines is 2. The fraction of sp³-hybridized carbons (Fsp3) is 0.667. The average molecular weight is 292 g/mol. The number of nitrogens with one attached hydrogen (secondary N) is 2. The fourth-order valence-electron chi connectivity index (χ4n) is 1.51. The first-order chi connectivity index (χ1) is 9.36. The van der Waals surface area contributed by atoms with Crippen LogP contribution in [0.25, 0.3) is 0 Å². The van der Waals surface area contributed by atoms with Gasteiger partial charge in [0.05, 0.1) is 6.54 Å². The molecule has 0 spiro atoms. The summed E-state index contributed by atoms with van der Waals surface area (Å²) < 4.78 is 36.7. The number of aromatic nitrogens is 2. The highest BCUT2D eigenvalue weighted by Crippen LogP contribution is 2.20. The molecular weight excluding hydrogens is 273 g/mol. The van der Waals surface area contributed by atoms with E-state index in [4.69, 9.17) is 5.11 Å². The molecule has 0 aliphatic heterocycles. The van der Waals surface area contributed by atoms with Crippen LogP contribution in [0.15, 0.2) is 6.07 Å². The number of nitrogens with zero attached hydrogens (tertiary/aromatic N) is 2. The number of aryl methyl sites for hydroxylation is 1. The first kappa shape index (κ1) is 16.5. The van der Waals surface area contributed by atoms with Crippen LogP contribution in [0.2, 0.25) is 0 Å². The van der Waals surface area contributed by atoms with Crippen LogP contribution in [0.1, 0.15) is 26.1 Å². The molecule has 1 heterocycles. The Morgan fingerprint density at radius 1 is 1.20 bits per heavy atom. The molecule has 0 saturated heterocycles. The number of aliphatic hydroxyl groups is 1. The van der Waals surface area contributed by atoms with Crippen LogP contribution in [-0.2, 0) is 6.42 Å². The first-order valence-corrected chi connectivity index (χ1v) is 6.47. The monoisotopic (exact) mass is 292 g/mol. The van der Waals surface area contributed by atoms with Gasteiger partial charge in [0.15, 0.2) is 6.10 Å². The Morgan fingerprint density at radius 3 is 2.30 bits per heavy atom. The van der Waals surface area contributed by atoms with Gasteiger partial charge in [0, 0.05) is 19.0 Å². The molecule has 0 aliphatic rings.